The predicted molar refractivity (Wildman–Crippen MR) is 58.3 cm³/mol. The predicted octanol–water partition coefficient (Wildman–Crippen LogP) is 1.42. The molecule has 5 nitrogen and oxygen atoms in total. The molecular formula is C10H20N2O3. The summed E-state index contributed by atoms with van der Waals surface area (Å²) in [6.45, 7) is 4.26. The van der Waals surface area contributed by atoms with Gasteiger partial charge in [-0.15, -0.1) is 0 Å². The zero-order valence-electron chi connectivity index (χ0n) is 9.49. The second-order valence-electron chi connectivity index (χ2n) is 3.35. The van der Waals surface area contributed by atoms with E-state index in [4.69, 9.17) is 10.7 Å². The molecule has 0 aromatic rings. The number of ketones is 1. The van der Waals surface area contributed by atoms with Gasteiger partial charge in [0.05, 0.1) is 6.61 Å². The standard InChI is InChI=1S/C10H20N2O3/c1-9(10(2)13)12-15-8-6-4-3-5-7-14-11/h3-8,11H2,1-2H3/b12-9-. The maximum Gasteiger partial charge on any atom is 0.177 e. The smallest absolute Gasteiger partial charge is 0.177 e. The highest BCUT2D eigenvalue weighted by molar-refractivity contribution is 6.37. The molecule has 0 aliphatic heterocycles. The Morgan fingerprint density at radius 3 is 2.27 bits per heavy atom. The molecule has 0 spiro atoms. The van der Waals surface area contributed by atoms with Crippen LogP contribution in [0.2, 0.25) is 0 Å². The topological polar surface area (TPSA) is 73.9 Å². The Morgan fingerprint density at radius 1 is 1.13 bits per heavy atom. The first-order valence-electron chi connectivity index (χ1n) is 5.17. The van der Waals surface area contributed by atoms with Crippen molar-refractivity contribution < 1.29 is 14.5 Å². The molecule has 0 fully saturated rings. The first kappa shape index (κ1) is 14.1. The number of carbonyl (C=O) groups is 1. The summed E-state index contributed by atoms with van der Waals surface area (Å²) in [7, 11) is 0. The number of Topliss-reactive ketones (excluding diaryl/α,β-unsaturated/α-hetero) is 1. The maximum atomic E-state index is 10.7. The van der Waals surface area contributed by atoms with E-state index >= 15 is 0 Å². The summed E-state index contributed by atoms with van der Waals surface area (Å²) >= 11 is 0. The Bertz CT molecular complexity index is 205. The fraction of sp³-hybridized carbons (Fsp3) is 0.800. The molecule has 0 aromatic carbocycles. The molecule has 2 N–H and O–H groups in total. The fourth-order valence-electron chi connectivity index (χ4n) is 0.912. The molecule has 0 rings (SSSR count). The van der Waals surface area contributed by atoms with Crippen LogP contribution in [0.5, 0.6) is 0 Å². The molecule has 0 bridgehead atoms. The van der Waals surface area contributed by atoms with Crippen LogP contribution < -0.4 is 5.90 Å². The zero-order valence-corrected chi connectivity index (χ0v) is 9.49. The second-order valence-corrected chi connectivity index (χ2v) is 3.35. The van der Waals surface area contributed by atoms with E-state index in [1.54, 1.807) is 6.92 Å². The third-order valence-electron chi connectivity index (χ3n) is 1.96. The summed E-state index contributed by atoms with van der Waals surface area (Å²) in [6.07, 6.45) is 4.01. The summed E-state index contributed by atoms with van der Waals surface area (Å²) < 4.78 is 0. The van der Waals surface area contributed by atoms with Crippen molar-refractivity contribution in [3.63, 3.8) is 0 Å². The van der Waals surface area contributed by atoms with Crippen LogP contribution in [-0.4, -0.2) is 24.7 Å². The van der Waals surface area contributed by atoms with Gasteiger partial charge < -0.3 is 9.68 Å². The van der Waals surface area contributed by atoms with Gasteiger partial charge >= 0.3 is 0 Å². The van der Waals surface area contributed by atoms with Gasteiger partial charge in [0.2, 0.25) is 0 Å². The number of rotatable bonds is 9. The van der Waals surface area contributed by atoms with Crippen LogP contribution in [0, 0.1) is 0 Å². The van der Waals surface area contributed by atoms with E-state index in [0.717, 1.165) is 25.7 Å². The lowest BCUT2D eigenvalue weighted by atomic mass is 10.2. The molecule has 0 heterocycles. The van der Waals surface area contributed by atoms with E-state index in [1.165, 1.54) is 6.92 Å². The van der Waals surface area contributed by atoms with E-state index in [0.29, 0.717) is 18.9 Å². The van der Waals surface area contributed by atoms with Crippen LogP contribution in [0.4, 0.5) is 0 Å². The van der Waals surface area contributed by atoms with Crippen LogP contribution in [0.1, 0.15) is 39.5 Å². The monoisotopic (exact) mass is 216 g/mol. The quantitative estimate of drug-likeness (QED) is 0.359. The maximum absolute atomic E-state index is 10.7. The summed E-state index contributed by atoms with van der Waals surface area (Å²) in [6, 6.07) is 0. The number of carbonyl (C=O) groups excluding carboxylic acids is 1. The lowest BCUT2D eigenvalue weighted by molar-refractivity contribution is -0.111. The van der Waals surface area contributed by atoms with E-state index in [9.17, 15) is 4.79 Å². The van der Waals surface area contributed by atoms with Crippen LogP contribution in [0.3, 0.4) is 0 Å². The average Bonchev–Trinajstić information content (AvgIpc) is 2.21. The first-order chi connectivity index (χ1) is 7.18. The molecule has 0 saturated carbocycles. The van der Waals surface area contributed by atoms with Gasteiger partial charge in [-0.3, -0.25) is 4.79 Å². The van der Waals surface area contributed by atoms with Gasteiger partial charge in [0.15, 0.2) is 5.78 Å². The van der Waals surface area contributed by atoms with Crippen molar-refractivity contribution >= 4 is 11.5 Å². The fourth-order valence-corrected chi connectivity index (χ4v) is 0.912. The van der Waals surface area contributed by atoms with E-state index in [1.807, 2.05) is 0 Å². The third kappa shape index (κ3) is 9.37. The van der Waals surface area contributed by atoms with Gasteiger partial charge in [-0.2, -0.15) is 0 Å². The largest absolute Gasteiger partial charge is 0.396 e. The number of hydrogen-bond acceptors (Lipinski definition) is 5. The number of nitrogens with two attached hydrogens (primary N) is 1. The highest BCUT2D eigenvalue weighted by atomic mass is 16.6. The van der Waals surface area contributed by atoms with Crippen molar-refractivity contribution in [3.8, 4) is 0 Å². The van der Waals surface area contributed by atoms with Crippen LogP contribution >= 0.6 is 0 Å². The minimum atomic E-state index is -0.0601. The Balaban J connectivity index is 3.25. The molecule has 15 heavy (non-hydrogen) atoms. The molecule has 0 aliphatic carbocycles. The molecule has 5 heteroatoms. The third-order valence-corrected chi connectivity index (χ3v) is 1.96. The van der Waals surface area contributed by atoms with Gasteiger partial charge in [-0.1, -0.05) is 11.6 Å². The number of unbranched alkanes of at least 4 members (excludes halogenated alkanes) is 3. The summed E-state index contributed by atoms with van der Waals surface area (Å²) in [5.74, 6) is 4.82. The van der Waals surface area contributed by atoms with Gasteiger partial charge in [-0.05, 0) is 26.2 Å². The average molecular weight is 216 g/mol. The molecule has 0 aliphatic rings. The van der Waals surface area contributed by atoms with Crippen LogP contribution in [-0.2, 0) is 14.5 Å². The van der Waals surface area contributed by atoms with Crippen molar-refractivity contribution in [3.05, 3.63) is 0 Å². The molecule has 0 atom stereocenters. The van der Waals surface area contributed by atoms with Gasteiger partial charge in [0.25, 0.3) is 0 Å². The first-order valence-corrected chi connectivity index (χ1v) is 5.17. The van der Waals surface area contributed by atoms with Crippen molar-refractivity contribution in [2.45, 2.75) is 39.5 Å². The van der Waals surface area contributed by atoms with E-state index in [-0.39, 0.29) is 5.78 Å². The molecule has 0 radical (unpaired) electrons. The molecule has 0 aromatic heterocycles. The van der Waals surface area contributed by atoms with Crippen LogP contribution in [0.25, 0.3) is 0 Å². The zero-order chi connectivity index (χ0) is 11.5. The lowest BCUT2D eigenvalue weighted by Gasteiger charge is -2.00. The SMILES string of the molecule is CC(=O)/C(C)=N\OCCCCCCON. The highest BCUT2D eigenvalue weighted by Crippen LogP contribution is 2.00. The van der Waals surface area contributed by atoms with E-state index in [2.05, 4.69) is 9.99 Å². The number of oxime groups is 1. The lowest BCUT2D eigenvalue weighted by Crippen LogP contribution is -2.05. The Kier molecular flexibility index (Phi) is 9.01. The van der Waals surface area contributed by atoms with Gasteiger partial charge in [-0.25, -0.2) is 5.90 Å². The minimum absolute atomic E-state index is 0.0601. The van der Waals surface area contributed by atoms with Gasteiger partial charge in [0, 0.05) is 6.92 Å². The number of nitrogens with zero attached hydrogens (tertiary/aromatic N) is 1. The van der Waals surface area contributed by atoms with Crippen molar-refractivity contribution in [2.24, 2.45) is 11.1 Å². The Hall–Kier alpha value is -0.940. The van der Waals surface area contributed by atoms with Crippen LogP contribution in [0.15, 0.2) is 5.16 Å². The summed E-state index contributed by atoms with van der Waals surface area (Å²) in [5, 5.41) is 3.68. The Morgan fingerprint density at radius 2 is 1.73 bits per heavy atom. The van der Waals surface area contributed by atoms with Crippen molar-refractivity contribution in [1.82, 2.24) is 0 Å². The second kappa shape index (κ2) is 9.61. The summed E-state index contributed by atoms with van der Waals surface area (Å²) in [4.78, 5) is 20.2. The molecule has 0 saturated heterocycles. The van der Waals surface area contributed by atoms with Crippen molar-refractivity contribution in [1.29, 1.82) is 0 Å². The molecule has 0 amide bonds. The van der Waals surface area contributed by atoms with Crippen molar-refractivity contribution in [2.75, 3.05) is 13.2 Å². The molecular weight excluding hydrogens is 196 g/mol. The minimum Gasteiger partial charge on any atom is -0.396 e. The van der Waals surface area contributed by atoms with E-state index < -0.39 is 0 Å². The molecule has 0 unspecified atom stereocenters. The summed E-state index contributed by atoms with van der Waals surface area (Å²) in [5.41, 5.74) is 0.409. The highest BCUT2D eigenvalue weighted by Gasteiger charge is 1.97. The number of hydrogen-bond donors (Lipinski definition) is 1. The molecule has 88 valence electrons. The normalized spacial score (nSPS) is 11.5. The Labute approximate surface area is 90.6 Å². The van der Waals surface area contributed by atoms with Gasteiger partial charge in [0.1, 0.15) is 12.3 Å².